The van der Waals surface area contributed by atoms with Gasteiger partial charge >= 0.3 is 0 Å². The summed E-state index contributed by atoms with van der Waals surface area (Å²) in [6, 6.07) is 0.860. The van der Waals surface area contributed by atoms with Crippen LogP contribution in [0.15, 0.2) is 0 Å². The summed E-state index contributed by atoms with van der Waals surface area (Å²) in [5.41, 5.74) is 0. The van der Waals surface area contributed by atoms with E-state index in [1.165, 1.54) is 64.2 Å². The van der Waals surface area contributed by atoms with Crippen molar-refractivity contribution in [3.63, 3.8) is 0 Å². The molecule has 0 spiro atoms. The topological polar surface area (TPSA) is 3.24 Å². The zero-order valence-corrected chi connectivity index (χ0v) is 13.3. The van der Waals surface area contributed by atoms with Gasteiger partial charge in [-0.1, -0.05) is 52.4 Å². The molecule has 1 fully saturated rings. The van der Waals surface area contributed by atoms with Gasteiger partial charge in [0.1, 0.15) is 0 Å². The minimum atomic E-state index is 0.860. The highest BCUT2D eigenvalue weighted by Gasteiger charge is 2.26. The molecule has 1 saturated carbocycles. The normalized spacial score (nSPS) is 26.5. The Bertz CT molecular complexity index is 192. The average Bonchev–Trinajstić information content (AvgIpc) is 2.39. The number of hydrogen-bond donors (Lipinski definition) is 0. The van der Waals surface area contributed by atoms with Crippen molar-refractivity contribution < 1.29 is 0 Å². The molecule has 0 bridgehead atoms. The van der Waals surface area contributed by atoms with Gasteiger partial charge in [0.2, 0.25) is 0 Å². The van der Waals surface area contributed by atoms with Crippen molar-refractivity contribution in [3.8, 4) is 0 Å². The predicted molar refractivity (Wildman–Crippen MR) is 82.0 cm³/mol. The molecule has 0 aromatic heterocycles. The summed E-state index contributed by atoms with van der Waals surface area (Å²) in [4.78, 5) is 2.43. The SMILES string of the molecule is CCCCCCC(CC)C1CCC(N(C)C)CC1. The third kappa shape index (κ3) is 5.30. The van der Waals surface area contributed by atoms with E-state index >= 15 is 0 Å². The lowest BCUT2D eigenvalue weighted by atomic mass is 9.75. The molecule has 1 aliphatic rings. The van der Waals surface area contributed by atoms with Gasteiger partial charge in [0.25, 0.3) is 0 Å². The van der Waals surface area contributed by atoms with E-state index in [1.807, 2.05) is 0 Å². The molecule has 1 atom stereocenters. The standard InChI is InChI=1S/C17H35N/c1-5-7-8-9-10-15(6-2)16-11-13-17(14-12-16)18(3)4/h15-17H,5-14H2,1-4H3. The van der Waals surface area contributed by atoms with Crippen LogP contribution in [-0.2, 0) is 0 Å². The van der Waals surface area contributed by atoms with E-state index in [1.54, 1.807) is 0 Å². The third-order valence-corrected chi connectivity index (χ3v) is 5.09. The summed E-state index contributed by atoms with van der Waals surface area (Å²) >= 11 is 0. The van der Waals surface area contributed by atoms with Crippen molar-refractivity contribution in [3.05, 3.63) is 0 Å². The lowest BCUT2D eigenvalue weighted by Gasteiger charge is -2.36. The second-order valence-corrected chi connectivity index (χ2v) is 6.55. The fourth-order valence-electron chi connectivity index (χ4n) is 3.70. The van der Waals surface area contributed by atoms with E-state index in [2.05, 4.69) is 32.8 Å². The van der Waals surface area contributed by atoms with Gasteiger partial charge in [-0.15, -0.1) is 0 Å². The monoisotopic (exact) mass is 253 g/mol. The number of hydrogen-bond acceptors (Lipinski definition) is 1. The molecule has 0 N–H and O–H groups in total. The Morgan fingerprint density at radius 1 is 0.944 bits per heavy atom. The van der Waals surface area contributed by atoms with Crippen LogP contribution in [0.2, 0.25) is 0 Å². The highest BCUT2D eigenvalue weighted by Crippen LogP contribution is 2.35. The summed E-state index contributed by atoms with van der Waals surface area (Å²) in [5, 5.41) is 0. The predicted octanol–water partition coefficient (Wildman–Crippen LogP) is 5.10. The summed E-state index contributed by atoms with van der Waals surface area (Å²) in [6.07, 6.45) is 14.5. The lowest BCUT2D eigenvalue weighted by Crippen LogP contribution is -2.33. The Morgan fingerprint density at radius 2 is 1.61 bits per heavy atom. The van der Waals surface area contributed by atoms with Crippen molar-refractivity contribution in [2.75, 3.05) is 14.1 Å². The van der Waals surface area contributed by atoms with Crippen LogP contribution < -0.4 is 0 Å². The lowest BCUT2D eigenvalue weighted by molar-refractivity contribution is 0.150. The van der Waals surface area contributed by atoms with Crippen LogP contribution in [-0.4, -0.2) is 25.0 Å². The molecule has 0 heterocycles. The van der Waals surface area contributed by atoms with Crippen LogP contribution in [0.5, 0.6) is 0 Å². The van der Waals surface area contributed by atoms with Crippen molar-refractivity contribution in [2.45, 2.75) is 84.1 Å². The molecule has 0 saturated heterocycles. The van der Waals surface area contributed by atoms with Crippen molar-refractivity contribution in [1.29, 1.82) is 0 Å². The Morgan fingerprint density at radius 3 is 2.11 bits per heavy atom. The molecule has 0 aromatic rings. The van der Waals surface area contributed by atoms with Crippen LogP contribution in [0.3, 0.4) is 0 Å². The maximum Gasteiger partial charge on any atom is 0.00893 e. The zero-order valence-electron chi connectivity index (χ0n) is 13.3. The summed E-state index contributed by atoms with van der Waals surface area (Å²) in [7, 11) is 4.49. The van der Waals surface area contributed by atoms with Crippen LogP contribution in [0.25, 0.3) is 0 Å². The maximum atomic E-state index is 2.43. The quantitative estimate of drug-likeness (QED) is 0.544. The van der Waals surface area contributed by atoms with Crippen LogP contribution >= 0.6 is 0 Å². The van der Waals surface area contributed by atoms with E-state index in [0.717, 1.165) is 17.9 Å². The summed E-state index contributed by atoms with van der Waals surface area (Å²) in [5.74, 6) is 2.05. The maximum absolute atomic E-state index is 2.43. The van der Waals surface area contributed by atoms with E-state index in [9.17, 15) is 0 Å². The fourth-order valence-corrected chi connectivity index (χ4v) is 3.70. The van der Waals surface area contributed by atoms with E-state index in [-0.39, 0.29) is 0 Å². The van der Waals surface area contributed by atoms with E-state index in [0.29, 0.717) is 0 Å². The summed E-state index contributed by atoms with van der Waals surface area (Å²) < 4.78 is 0. The largest absolute Gasteiger partial charge is 0.306 e. The molecule has 0 amide bonds. The van der Waals surface area contributed by atoms with Crippen molar-refractivity contribution in [2.24, 2.45) is 11.8 Å². The number of unbranched alkanes of at least 4 members (excludes halogenated alkanes) is 3. The first kappa shape index (κ1) is 16.0. The van der Waals surface area contributed by atoms with Crippen LogP contribution in [0.4, 0.5) is 0 Å². The molecule has 1 nitrogen and oxygen atoms in total. The molecule has 0 radical (unpaired) electrons. The first-order valence-electron chi connectivity index (χ1n) is 8.35. The molecule has 0 aliphatic heterocycles. The smallest absolute Gasteiger partial charge is 0.00893 e. The molecule has 18 heavy (non-hydrogen) atoms. The highest BCUT2D eigenvalue weighted by molar-refractivity contribution is 4.80. The van der Waals surface area contributed by atoms with E-state index in [4.69, 9.17) is 0 Å². The van der Waals surface area contributed by atoms with Gasteiger partial charge < -0.3 is 4.90 Å². The molecular weight excluding hydrogens is 218 g/mol. The molecule has 1 heteroatoms. The van der Waals surface area contributed by atoms with Crippen molar-refractivity contribution in [1.82, 2.24) is 4.90 Å². The molecule has 1 unspecified atom stereocenters. The zero-order chi connectivity index (χ0) is 13.4. The first-order valence-corrected chi connectivity index (χ1v) is 8.35. The van der Waals surface area contributed by atoms with Gasteiger partial charge in [0, 0.05) is 6.04 Å². The van der Waals surface area contributed by atoms with Gasteiger partial charge in [-0.05, 0) is 51.6 Å². The Hall–Kier alpha value is -0.0400. The minimum absolute atomic E-state index is 0.860. The summed E-state index contributed by atoms with van der Waals surface area (Å²) in [6.45, 7) is 4.71. The van der Waals surface area contributed by atoms with Gasteiger partial charge in [0.15, 0.2) is 0 Å². The highest BCUT2D eigenvalue weighted by atomic mass is 15.1. The molecule has 1 aliphatic carbocycles. The Kier molecular flexibility index (Phi) is 7.97. The Labute approximate surface area is 115 Å². The fraction of sp³-hybridized carbons (Fsp3) is 1.00. The third-order valence-electron chi connectivity index (χ3n) is 5.09. The van der Waals surface area contributed by atoms with E-state index < -0.39 is 0 Å². The Balaban J connectivity index is 2.25. The molecular formula is C17H35N. The second kappa shape index (κ2) is 8.96. The minimum Gasteiger partial charge on any atom is -0.306 e. The number of rotatable bonds is 8. The van der Waals surface area contributed by atoms with Crippen molar-refractivity contribution >= 4 is 0 Å². The molecule has 0 aromatic carbocycles. The van der Waals surface area contributed by atoms with Gasteiger partial charge in [-0.2, -0.15) is 0 Å². The van der Waals surface area contributed by atoms with Crippen LogP contribution in [0, 0.1) is 11.8 Å². The molecule has 108 valence electrons. The van der Waals surface area contributed by atoms with Gasteiger partial charge in [-0.3, -0.25) is 0 Å². The van der Waals surface area contributed by atoms with Crippen LogP contribution in [0.1, 0.15) is 78.1 Å². The number of nitrogens with zero attached hydrogens (tertiary/aromatic N) is 1. The average molecular weight is 253 g/mol. The van der Waals surface area contributed by atoms with Gasteiger partial charge in [-0.25, -0.2) is 0 Å². The molecule has 1 rings (SSSR count). The van der Waals surface area contributed by atoms with Gasteiger partial charge in [0.05, 0.1) is 0 Å². The first-order chi connectivity index (χ1) is 8.69. The second-order valence-electron chi connectivity index (χ2n) is 6.55.